The maximum absolute atomic E-state index is 5.63. The Morgan fingerprint density at radius 3 is 2.31 bits per heavy atom. The SMILES string of the molecule is CC.CCc1cc(C)c(N)nc1C. The molecule has 2 nitrogen and oxygen atoms in total. The fraction of sp³-hybridized carbons (Fsp3) is 0.545. The fourth-order valence-corrected chi connectivity index (χ4v) is 1.14. The van der Waals surface area contributed by atoms with Crippen molar-refractivity contribution < 1.29 is 0 Å². The third-order valence-corrected chi connectivity index (χ3v) is 1.93. The van der Waals surface area contributed by atoms with Crippen LogP contribution < -0.4 is 5.73 Å². The summed E-state index contributed by atoms with van der Waals surface area (Å²) in [6.07, 6.45) is 1.03. The molecule has 0 spiro atoms. The number of nitrogen functional groups attached to an aromatic ring is 1. The molecule has 13 heavy (non-hydrogen) atoms. The van der Waals surface area contributed by atoms with Crippen LogP contribution in [0.5, 0.6) is 0 Å². The minimum absolute atomic E-state index is 0.653. The summed E-state index contributed by atoms with van der Waals surface area (Å²) in [5, 5.41) is 0. The Bertz CT molecular complexity index is 267. The van der Waals surface area contributed by atoms with E-state index in [1.54, 1.807) is 0 Å². The number of hydrogen-bond acceptors (Lipinski definition) is 2. The lowest BCUT2D eigenvalue weighted by Gasteiger charge is -2.05. The van der Waals surface area contributed by atoms with Crippen LogP contribution in [0.1, 0.15) is 37.6 Å². The molecule has 0 aromatic carbocycles. The quantitative estimate of drug-likeness (QED) is 0.721. The number of aryl methyl sites for hydroxylation is 3. The summed E-state index contributed by atoms with van der Waals surface area (Å²) in [7, 11) is 0. The summed E-state index contributed by atoms with van der Waals surface area (Å²) in [5.74, 6) is 0.653. The average molecular weight is 180 g/mol. The molecule has 2 heteroatoms. The monoisotopic (exact) mass is 180 g/mol. The maximum atomic E-state index is 5.63. The molecule has 1 rings (SSSR count). The molecule has 0 saturated carbocycles. The molecular formula is C11H20N2. The van der Waals surface area contributed by atoms with Crippen molar-refractivity contribution in [3.05, 3.63) is 22.9 Å². The van der Waals surface area contributed by atoms with Crippen LogP contribution in [0.2, 0.25) is 0 Å². The smallest absolute Gasteiger partial charge is 0.126 e. The van der Waals surface area contributed by atoms with E-state index >= 15 is 0 Å². The Labute approximate surface area is 81.2 Å². The summed E-state index contributed by atoms with van der Waals surface area (Å²) in [6, 6.07) is 2.11. The van der Waals surface area contributed by atoms with Gasteiger partial charge < -0.3 is 5.73 Å². The molecule has 0 amide bonds. The predicted molar refractivity (Wildman–Crippen MR) is 58.8 cm³/mol. The molecule has 74 valence electrons. The Kier molecular flexibility index (Phi) is 5.12. The Morgan fingerprint density at radius 1 is 1.31 bits per heavy atom. The van der Waals surface area contributed by atoms with E-state index in [1.165, 1.54) is 5.56 Å². The minimum atomic E-state index is 0.653. The van der Waals surface area contributed by atoms with Gasteiger partial charge in [-0.3, -0.25) is 0 Å². The third kappa shape index (κ3) is 3.05. The number of hydrogen-bond donors (Lipinski definition) is 1. The first-order chi connectivity index (χ1) is 6.15. The zero-order chi connectivity index (χ0) is 10.4. The molecule has 0 aliphatic rings. The third-order valence-electron chi connectivity index (χ3n) is 1.93. The van der Waals surface area contributed by atoms with Crippen LogP contribution in [0, 0.1) is 13.8 Å². The Morgan fingerprint density at radius 2 is 1.85 bits per heavy atom. The van der Waals surface area contributed by atoms with Gasteiger partial charge in [-0.15, -0.1) is 0 Å². The summed E-state index contributed by atoms with van der Waals surface area (Å²) in [6.45, 7) is 10.1. The van der Waals surface area contributed by atoms with Crippen LogP contribution in [-0.2, 0) is 6.42 Å². The van der Waals surface area contributed by atoms with Crippen molar-refractivity contribution in [1.29, 1.82) is 0 Å². The van der Waals surface area contributed by atoms with Crippen LogP contribution in [0.25, 0.3) is 0 Å². The number of pyridine rings is 1. The molecule has 0 aliphatic heterocycles. The number of nitrogens with zero attached hydrogens (tertiary/aromatic N) is 1. The lowest BCUT2D eigenvalue weighted by atomic mass is 10.1. The van der Waals surface area contributed by atoms with Gasteiger partial charge in [0.2, 0.25) is 0 Å². The molecule has 0 radical (unpaired) electrons. The maximum Gasteiger partial charge on any atom is 0.126 e. The lowest BCUT2D eigenvalue weighted by molar-refractivity contribution is 1.04. The highest BCUT2D eigenvalue weighted by Crippen LogP contribution is 2.13. The minimum Gasteiger partial charge on any atom is -0.383 e. The molecular weight excluding hydrogens is 160 g/mol. The number of nitrogens with two attached hydrogens (primary N) is 1. The summed E-state index contributed by atoms with van der Waals surface area (Å²) in [4.78, 5) is 4.22. The van der Waals surface area contributed by atoms with Gasteiger partial charge in [-0.05, 0) is 31.4 Å². The molecule has 2 N–H and O–H groups in total. The van der Waals surface area contributed by atoms with Crippen molar-refractivity contribution in [1.82, 2.24) is 4.98 Å². The van der Waals surface area contributed by atoms with E-state index in [4.69, 9.17) is 5.73 Å². The number of anilines is 1. The molecule has 0 bridgehead atoms. The first kappa shape index (κ1) is 11.9. The van der Waals surface area contributed by atoms with E-state index in [9.17, 15) is 0 Å². The zero-order valence-electron chi connectivity index (χ0n) is 9.31. The van der Waals surface area contributed by atoms with Gasteiger partial charge in [-0.2, -0.15) is 0 Å². The molecule has 1 heterocycles. The predicted octanol–water partition coefficient (Wildman–Crippen LogP) is 2.87. The van der Waals surface area contributed by atoms with Gasteiger partial charge in [0.05, 0.1) is 0 Å². The van der Waals surface area contributed by atoms with Crippen molar-refractivity contribution in [2.24, 2.45) is 0 Å². The van der Waals surface area contributed by atoms with Crippen LogP contribution in [0.4, 0.5) is 5.82 Å². The molecule has 0 unspecified atom stereocenters. The second-order valence-electron chi connectivity index (χ2n) is 2.79. The van der Waals surface area contributed by atoms with E-state index in [0.29, 0.717) is 5.82 Å². The van der Waals surface area contributed by atoms with Gasteiger partial charge in [0.1, 0.15) is 5.82 Å². The first-order valence-corrected chi connectivity index (χ1v) is 4.87. The van der Waals surface area contributed by atoms with Gasteiger partial charge in [0.15, 0.2) is 0 Å². The molecule has 0 fully saturated rings. The average Bonchev–Trinajstić information content (AvgIpc) is 2.15. The van der Waals surface area contributed by atoms with Crippen LogP contribution in [0.3, 0.4) is 0 Å². The highest BCUT2D eigenvalue weighted by atomic mass is 14.8. The zero-order valence-corrected chi connectivity index (χ0v) is 9.31. The van der Waals surface area contributed by atoms with E-state index in [1.807, 2.05) is 27.7 Å². The topological polar surface area (TPSA) is 38.9 Å². The summed E-state index contributed by atoms with van der Waals surface area (Å²) < 4.78 is 0. The van der Waals surface area contributed by atoms with Gasteiger partial charge in [0, 0.05) is 5.69 Å². The van der Waals surface area contributed by atoms with E-state index < -0.39 is 0 Å². The summed E-state index contributed by atoms with van der Waals surface area (Å²) in [5.41, 5.74) is 9.05. The first-order valence-electron chi connectivity index (χ1n) is 4.87. The highest BCUT2D eigenvalue weighted by Gasteiger charge is 2.00. The van der Waals surface area contributed by atoms with Crippen molar-refractivity contribution in [2.75, 3.05) is 5.73 Å². The normalized spacial score (nSPS) is 9.00. The Balaban J connectivity index is 0.000000671. The second-order valence-corrected chi connectivity index (χ2v) is 2.79. The van der Waals surface area contributed by atoms with E-state index in [0.717, 1.165) is 17.7 Å². The molecule has 1 aromatic heterocycles. The van der Waals surface area contributed by atoms with Gasteiger partial charge in [-0.1, -0.05) is 26.8 Å². The van der Waals surface area contributed by atoms with Gasteiger partial charge >= 0.3 is 0 Å². The molecule has 0 atom stereocenters. The van der Waals surface area contributed by atoms with Crippen molar-refractivity contribution in [3.8, 4) is 0 Å². The van der Waals surface area contributed by atoms with Crippen molar-refractivity contribution >= 4 is 5.82 Å². The lowest BCUT2D eigenvalue weighted by Crippen LogP contribution is -1.99. The van der Waals surface area contributed by atoms with Crippen molar-refractivity contribution in [3.63, 3.8) is 0 Å². The molecule has 0 aliphatic carbocycles. The van der Waals surface area contributed by atoms with Crippen LogP contribution in [0.15, 0.2) is 6.07 Å². The van der Waals surface area contributed by atoms with Crippen LogP contribution >= 0.6 is 0 Å². The van der Waals surface area contributed by atoms with E-state index in [-0.39, 0.29) is 0 Å². The fourth-order valence-electron chi connectivity index (χ4n) is 1.14. The second kappa shape index (κ2) is 5.57. The van der Waals surface area contributed by atoms with Gasteiger partial charge in [0.25, 0.3) is 0 Å². The largest absolute Gasteiger partial charge is 0.383 e. The van der Waals surface area contributed by atoms with E-state index in [2.05, 4.69) is 18.0 Å². The molecule has 1 aromatic rings. The number of rotatable bonds is 1. The van der Waals surface area contributed by atoms with Crippen molar-refractivity contribution in [2.45, 2.75) is 41.0 Å². The molecule has 0 saturated heterocycles. The van der Waals surface area contributed by atoms with Crippen LogP contribution in [-0.4, -0.2) is 4.98 Å². The standard InChI is InChI=1S/C9H14N2.C2H6/c1-4-8-5-6(2)9(10)11-7(8)3;1-2/h5H,4H2,1-3H3,(H2,10,11);1-2H3. The highest BCUT2D eigenvalue weighted by molar-refractivity contribution is 5.42. The number of aromatic nitrogens is 1. The summed E-state index contributed by atoms with van der Waals surface area (Å²) >= 11 is 0. The van der Waals surface area contributed by atoms with Gasteiger partial charge in [-0.25, -0.2) is 4.98 Å². The Hall–Kier alpha value is -1.05.